The third-order valence-corrected chi connectivity index (χ3v) is 1.87. The molecule has 1 heterocycles. The Bertz CT molecular complexity index is 270. The molecule has 0 aromatic rings. The fourth-order valence-electron chi connectivity index (χ4n) is 1.25. The van der Waals surface area contributed by atoms with E-state index in [9.17, 15) is 14.7 Å². The number of urea groups is 1. The molecule has 3 amide bonds. The highest BCUT2D eigenvalue weighted by Gasteiger charge is 2.51. The lowest BCUT2D eigenvalue weighted by atomic mass is 10.2. The van der Waals surface area contributed by atoms with Gasteiger partial charge in [-0.3, -0.25) is 10.1 Å². The number of carbonyl (C=O) groups is 2. The van der Waals surface area contributed by atoms with Crippen LogP contribution in [0.15, 0.2) is 0 Å². The number of hydrogen-bond acceptors (Lipinski definition) is 5. The van der Waals surface area contributed by atoms with Crippen molar-refractivity contribution in [2.45, 2.75) is 25.9 Å². The summed E-state index contributed by atoms with van der Waals surface area (Å²) in [6.07, 6.45) is -1.19. The van der Waals surface area contributed by atoms with Crippen LogP contribution in [-0.4, -0.2) is 42.3 Å². The van der Waals surface area contributed by atoms with E-state index in [0.29, 0.717) is 0 Å². The van der Waals surface area contributed by atoms with Crippen molar-refractivity contribution in [3.63, 3.8) is 0 Å². The maximum atomic E-state index is 11.4. The summed E-state index contributed by atoms with van der Waals surface area (Å²) in [6, 6.07) is -0.720. The van der Waals surface area contributed by atoms with Crippen LogP contribution in [0.4, 0.5) is 4.79 Å². The van der Waals surface area contributed by atoms with Gasteiger partial charge in [0.2, 0.25) is 0 Å². The molecule has 0 radical (unpaired) electrons. The number of carbonyl (C=O) groups excluding carboxylic acids is 2. The first-order valence-electron chi connectivity index (χ1n) is 4.64. The van der Waals surface area contributed by atoms with E-state index in [1.54, 1.807) is 13.8 Å². The Morgan fingerprint density at radius 3 is 2.60 bits per heavy atom. The predicted molar refractivity (Wildman–Crippen MR) is 48.7 cm³/mol. The van der Waals surface area contributed by atoms with Gasteiger partial charge in [-0.1, -0.05) is 0 Å². The molecule has 0 spiro atoms. The van der Waals surface area contributed by atoms with Crippen LogP contribution < -0.4 is 10.6 Å². The van der Waals surface area contributed by atoms with Crippen molar-refractivity contribution < 1.29 is 24.2 Å². The maximum absolute atomic E-state index is 11.4. The molecule has 86 valence electrons. The highest BCUT2D eigenvalue weighted by atomic mass is 16.7. The number of amides is 3. The summed E-state index contributed by atoms with van der Waals surface area (Å²) < 4.78 is 9.92. The first-order valence-corrected chi connectivity index (χ1v) is 4.64. The summed E-state index contributed by atoms with van der Waals surface area (Å²) >= 11 is 0. The van der Waals surface area contributed by atoms with E-state index in [-0.39, 0.29) is 13.2 Å². The predicted octanol–water partition coefficient (Wildman–Crippen LogP) is -1.09. The second-order valence-electron chi connectivity index (χ2n) is 2.89. The summed E-state index contributed by atoms with van der Waals surface area (Å²) in [4.78, 5) is 22.3. The van der Waals surface area contributed by atoms with Crippen molar-refractivity contribution in [3.05, 3.63) is 0 Å². The molecular weight excluding hydrogens is 204 g/mol. The molecule has 15 heavy (non-hydrogen) atoms. The average molecular weight is 218 g/mol. The molecule has 7 nitrogen and oxygen atoms in total. The highest BCUT2D eigenvalue weighted by molar-refractivity contribution is 6.01. The average Bonchev–Trinajstić information content (AvgIpc) is 2.15. The van der Waals surface area contributed by atoms with Gasteiger partial charge in [-0.05, 0) is 13.8 Å². The van der Waals surface area contributed by atoms with Crippen LogP contribution in [0.1, 0.15) is 13.8 Å². The fourth-order valence-corrected chi connectivity index (χ4v) is 1.25. The second-order valence-corrected chi connectivity index (χ2v) is 2.89. The molecular formula is C8H14N2O5. The molecule has 0 saturated carbocycles. The van der Waals surface area contributed by atoms with Crippen LogP contribution in [0.5, 0.6) is 0 Å². The van der Waals surface area contributed by atoms with Crippen molar-refractivity contribution in [3.8, 4) is 0 Å². The van der Waals surface area contributed by atoms with Crippen LogP contribution in [0, 0.1) is 0 Å². The highest BCUT2D eigenvalue weighted by Crippen LogP contribution is 2.17. The minimum Gasteiger partial charge on any atom is -0.355 e. The Labute approximate surface area is 86.7 Å². The molecule has 7 heteroatoms. The van der Waals surface area contributed by atoms with E-state index in [4.69, 9.17) is 9.47 Å². The number of rotatable bonds is 4. The molecule has 0 aromatic carbocycles. The van der Waals surface area contributed by atoms with Crippen LogP contribution in [0.2, 0.25) is 0 Å². The lowest BCUT2D eigenvalue weighted by molar-refractivity contribution is -0.259. The summed E-state index contributed by atoms with van der Waals surface area (Å²) in [6.45, 7) is 3.63. The standard InChI is InChI=1S/C8H14N2O5/c1-3-14-6-8(13,15-4-2)5(11)9-7(12)10-6/h6,13H,3-4H2,1-2H3,(H2,9,10,11,12). The smallest absolute Gasteiger partial charge is 0.323 e. The molecule has 0 aliphatic carbocycles. The van der Waals surface area contributed by atoms with Gasteiger partial charge in [-0.25, -0.2) is 4.79 Å². The van der Waals surface area contributed by atoms with Crippen molar-refractivity contribution >= 4 is 11.9 Å². The quantitative estimate of drug-likeness (QED) is 0.521. The van der Waals surface area contributed by atoms with Gasteiger partial charge in [-0.2, -0.15) is 0 Å². The van der Waals surface area contributed by atoms with Crippen LogP contribution in [-0.2, 0) is 14.3 Å². The second kappa shape index (κ2) is 4.56. The molecule has 2 atom stereocenters. The summed E-state index contributed by atoms with van der Waals surface area (Å²) in [5.74, 6) is -3.09. The molecule has 1 rings (SSSR count). The molecule has 2 unspecified atom stereocenters. The van der Waals surface area contributed by atoms with Gasteiger partial charge < -0.3 is 19.9 Å². The number of ether oxygens (including phenoxy) is 2. The topological polar surface area (TPSA) is 96.9 Å². The van der Waals surface area contributed by atoms with Gasteiger partial charge in [0.15, 0.2) is 6.23 Å². The SMILES string of the molecule is CCOC1NC(=O)NC(=O)C1(O)OCC. The minimum atomic E-state index is -2.17. The van der Waals surface area contributed by atoms with Gasteiger partial charge in [0.25, 0.3) is 11.7 Å². The van der Waals surface area contributed by atoms with E-state index >= 15 is 0 Å². The summed E-state index contributed by atoms with van der Waals surface area (Å²) in [5, 5.41) is 14.0. The van der Waals surface area contributed by atoms with Gasteiger partial charge in [-0.15, -0.1) is 0 Å². The zero-order valence-electron chi connectivity index (χ0n) is 8.57. The first kappa shape index (κ1) is 11.9. The lowest BCUT2D eigenvalue weighted by Crippen LogP contribution is -2.70. The van der Waals surface area contributed by atoms with Gasteiger partial charge in [0, 0.05) is 13.2 Å². The fraction of sp³-hybridized carbons (Fsp3) is 0.750. The lowest BCUT2D eigenvalue weighted by Gasteiger charge is -2.37. The Balaban J connectivity index is 2.85. The first-order chi connectivity index (χ1) is 7.04. The minimum absolute atomic E-state index is 0.114. The van der Waals surface area contributed by atoms with Crippen molar-refractivity contribution in [1.82, 2.24) is 10.6 Å². The van der Waals surface area contributed by atoms with Gasteiger partial charge in [0.05, 0.1) is 0 Å². The van der Waals surface area contributed by atoms with Crippen molar-refractivity contribution in [2.75, 3.05) is 13.2 Å². The van der Waals surface area contributed by atoms with Crippen molar-refractivity contribution in [1.29, 1.82) is 0 Å². The van der Waals surface area contributed by atoms with Gasteiger partial charge >= 0.3 is 6.03 Å². The third kappa shape index (κ3) is 2.25. The Hall–Kier alpha value is -1.18. The monoisotopic (exact) mass is 218 g/mol. The molecule has 1 fully saturated rings. The molecule has 1 saturated heterocycles. The summed E-state index contributed by atoms with van der Waals surface area (Å²) in [5.41, 5.74) is 0. The molecule has 1 aliphatic heterocycles. The van der Waals surface area contributed by atoms with Crippen LogP contribution in [0.3, 0.4) is 0 Å². The Morgan fingerprint density at radius 1 is 1.40 bits per heavy atom. The van der Waals surface area contributed by atoms with E-state index in [0.717, 1.165) is 0 Å². The molecule has 3 N–H and O–H groups in total. The Kier molecular flexibility index (Phi) is 3.61. The van der Waals surface area contributed by atoms with Crippen LogP contribution in [0.25, 0.3) is 0 Å². The normalized spacial score (nSPS) is 31.0. The number of hydrogen-bond donors (Lipinski definition) is 3. The summed E-state index contributed by atoms with van der Waals surface area (Å²) in [7, 11) is 0. The van der Waals surface area contributed by atoms with Crippen LogP contribution >= 0.6 is 0 Å². The third-order valence-electron chi connectivity index (χ3n) is 1.87. The Morgan fingerprint density at radius 2 is 2.07 bits per heavy atom. The maximum Gasteiger partial charge on any atom is 0.323 e. The number of nitrogens with one attached hydrogen (secondary N) is 2. The zero-order chi connectivity index (χ0) is 11.5. The number of aliphatic hydroxyl groups is 1. The largest absolute Gasteiger partial charge is 0.355 e. The van der Waals surface area contributed by atoms with E-state index in [1.807, 2.05) is 5.32 Å². The van der Waals surface area contributed by atoms with Gasteiger partial charge in [0.1, 0.15) is 0 Å². The van der Waals surface area contributed by atoms with E-state index in [2.05, 4.69) is 5.32 Å². The molecule has 0 bridgehead atoms. The van der Waals surface area contributed by atoms with E-state index in [1.165, 1.54) is 0 Å². The number of imide groups is 1. The van der Waals surface area contributed by atoms with Crippen molar-refractivity contribution in [2.24, 2.45) is 0 Å². The molecule has 0 aromatic heterocycles. The zero-order valence-corrected chi connectivity index (χ0v) is 8.57. The molecule has 1 aliphatic rings. The van der Waals surface area contributed by atoms with E-state index < -0.39 is 24.0 Å².